The number of nitrogens with zero attached hydrogens (tertiary/aromatic N) is 1. The number of carboxylic acids is 1. The largest absolute Gasteiger partial charge is 0.480 e. The van der Waals surface area contributed by atoms with Crippen molar-refractivity contribution >= 4 is 12.1 Å². The molecule has 0 saturated heterocycles. The number of aromatic amines is 1. The number of nitrogens with one attached hydrogen (secondary N) is 2. The fourth-order valence-corrected chi connectivity index (χ4v) is 1.70. The molecule has 0 aliphatic carbocycles. The number of ether oxygens (including phenoxy) is 1. The fourth-order valence-electron chi connectivity index (χ4n) is 1.70. The highest BCUT2D eigenvalue weighted by Gasteiger charge is 2.24. The zero-order chi connectivity index (χ0) is 18.2. The minimum atomic E-state index is -1.04. The summed E-state index contributed by atoms with van der Waals surface area (Å²) in [6.07, 6.45) is -0.310. The first-order chi connectivity index (χ1) is 10.4. The van der Waals surface area contributed by atoms with Crippen LogP contribution in [0.4, 0.5) is 4.79 Å². The molecule has 0 bridgehead atoms. The van der Waals surface area contributed by atoms with Crippen molar-refractivity contribution in [3.05, 3.63) is 17.5 Å². The summed E-state index contributed by atoms with van der Waals surface area (Å²) in [6.45, 7) is 12.9. The van der Waals surface area contributed by atoms with Gasteiger partial charge in [0.25, 0.3) is 0 Å². The molecule has 0 unspecified atom stereocenters. The Balaban J connectivity index is 0.000000568. The molecule has 1 amide bonds. The van der Waals surface area contributed by atoms with Crippen LogP contribution in [-0.4, -0.2) is 39.0 Å². The van der Waals surface area contributed by atoms with Crippen LogP contribution in [0.25, 0.3) is 0 Å². The molecule has 0 spiro atoms. The Hall–Kier alpha value is -2.05. The van der Waals surface area contributed by atoms with Gasteiger partial charge in [-0.05, 0) is 53.0 Å². The van der Waals surface area contributed by atoms with Gasteiger partial charge in [-0.1, -0.05) is 13.8 Å². The third-order valence-electron chi connectivity index (χ3n) is 2.53. The number of carbonyl (C=O) groups is 2. The van der Waals surface area contributed by atoms with E-state index < -0.39 is 23.7 Å². The van der Waals surface area contributed by atoms with E-state index >= 15 is 0 Å². The van der Waals surface area contributed by atoms with Gasteiger partial charge in [0, 0.05) is 5.69 Å². The lowest BCUT2D eigenvalue weighted by Gasteiger charge is -2.22. The monoisotopic (exact) mass is 327 g/mol. The lowest BCUT2D eigenvalue weighted by Crippen LogP contribution is -2.44. The molecule has 1 aromatic rings. The number of hydrogen-bond donors (Lipinski definition) is 3. The van der Waals surface area contributed by atoms with E-state index in [2.05, 4.69) is 15.5 Å². The summed E-state index contributed by atoms with van der Waals surface area (Å²) in [5.74, 6) is -0.851. The van der Waals surface area contributed by atoms with Crippen LogP contribution in [-0.2, 0) is 9.53 Å². The van der Waals surface area contributed by atoms with Crippen molar-refractivity contribution < 1.29 is 19.4 Å². The Morgan fingerprint density at radius 2 is 1.91 bits per heavy atom. The van der Waals surface area contributed by atoms with Crippen LogP contribution in [0.1, 0.15) is 52.4 Å². The molecule has 1 atom stereocenters. The molecule has 1 aromatic heterocycles. The molecule has 0 radical (unpaired) electrons. The van der Waals surface area contributed by atoms with Gasteiger partial charge in [-0.3, -0.25) is 5.10 Å². The second kappa shape index (κ2) is 9.17. The number of amides is 1. The van der Waals surface area contributed by atoms with Gasteiger partial charge < -0.3 is 15.2 Å². The van der Waals surface area contributed by atoms with Crippen molar-refractivity contribution in [3.63, 3.8) is 0 Å². The minimum Gasteiger partial charge on any atom is -0.480 e. The smallest absolute Gasteiger partial charge is 0.408 e. The molecule has 132 valence electrons. The molecule has 0 aliphatic rings. The normalized spacial score (nSPS) is 12.2. The lowest BCUT2D eigenvalue weighted by molar-refractivity contribution is -0.139. The maximum absolute atomic E-state index is 11.4. The van der Waals surface area contributed by atoms with Crippen LogP contribution in [0.15, 0.2) is 6.07 Å². The van der Waals surface area contributed by atoms with Gasteiger partial charge in [0.2, 0.25) is 0 Å². The number of aliphatic carboxylic acids is 1. The maximum Gasteiger partial charge on any atom is 0.408 e. The molecule has 3 N–H and O–H groups in total. The SMILES string of the molecule is CC(C)C[C@H](NC(=O)OC(C)(C)C)C(=O)O.Cc1cc(C)[nH]n1. The summed E-state index contributed by atoms with van der Waals surface area (Å²) < 4.78 is 4.99. The molecule has 23 heavy (non-hydrogen) atoms. The average Bonchev–Trinajstić information content (AvgIpc) is 2.69. The summed E-state index contributed by atoms with van der Waals surface area (Å²) in [7, 11) is 0. The fraction of sp³-hybridized carbons (Fsp3) is 0.688. The van der Waals surface area contributed by atoms with Gasteiger partial charge in [-0.25, -0.2) is 9.59 Å². The van der Waals surface area contributed by atoms with E-state index in [1.54, 1.807) is 20.8 Å². The summed E-state index contributed by atoms with van der Waals surface area (Å²) in [6, 6.07) is 1.11. The predicted octanol–water partition coefficient (Wildman–Crippen LogP) is 3.04. The molecule has 0 aromatic carbocycles. The Labute approximate surface area is 137 Å². The number of carboxylic acid groups (broad SMARTS) is 1. The van der Waals surface area contributed by atoms with Crippen LogP contribution in [0.5, 0.6) is 0 Å². The summed E-state index contributed by atoms with van der Waals surface area (Å²) in [5.41, 5.74) is 1.56. The van der Waals surface area contributed by atoms with Gasteiger partial charge in [-0.2, -0.15) is 5.10 Å². The second-order valence-electron chi connectivity index (χ2n) is 6.86. The highest BCUT2D eigenvalue weighted by molar-refractivity contribution is 5.79. The molecule has 0 aliphatic heterocycles. The molecular weight excluding hydrogens is 298 g/mol. The third-order valence-corrected chi connectivity index (χ3v) is 2.53. The first-order valence-corrected chi connectivity index (χ1v) is 7.61. The number of aryl methyl sites for hydroxylation is 2. The summed E-state index contributed by atoms with van der Waals surface area (Å²) >= 11 is 0. The Morgan fingerprint density at radius 3 is 2.17 bits per heavy atom. The quantitative estimate of drug-likeness (QED) is 0.788. The second-order valence-corrected chi connectivity index (χ2v) is 6.86. The summed E-state index contributed by atoms with van der Waals surface area (Å²) in [4.78, 5) is 22.2. The standard InChI is InChI=1S/C11H21NO4.C5H8N2/c1-7(2)6-8(9(13)14)12-10(15)16-11(3,4)5;1-4-3-5(2)7-6-4/h7-8H,6H2,1-5H3,(H,12,15)(H,13,14);3H,1-2H3,(H,6,7)/t8-;/m0./s1. The minimum absolute atomic E-state index is 0.191. The van der Waals surface area contributed by atoms with E-state index in [0.717, 1.165) is 11.4 Å². The number of rotatable bonds is 4. The highest BCUT2D eigenvalue weighted by atomic mass is 16.6. The van der Waals surface area contributed by atoms with Gasteiger partial charge >= 0.3 is 12.1 Å². The van der Waals surface area contributed by atoms with Crippen LogP contribution in [0.2, 0.25) is 0 Å². The van der Waals surface area contributed by atoms with E-state index in [1.807, 2.05) is 33.8 Å². The van der Waals surface area contributed by atoms with Crippen molar-refractivity contribution in [2.45, 2.75) is 66.5 Å². The Bertz CT molecular complexity index is 487. The van der Waals surface area contributed by atoms with E-state index in [-0.39, 0.29) is 5.92 Å². The first-order valence-electron chi connectivity index (χ1n) is 7.61. The molecule has 0 saturated carbocycles. The van der Waals surface area contributed by atoms with Crippen LogP contribution < -0.4 is 5.32 Å². The molecule has 0 fully saturated rings. The highest BCUT2D eigenvalue weighted by Crippen LogP contribution is 2.09. The molecule has 7 nitrogen and oxygen atoms in total. The predicted molar refractivity (Wildman–Crippen MR) is 88.3 cm³/mol. The number of H-pyrrole nitrogens is 1. The Kier molecular flexibility index (Phi) is 8.35. The summed E-state index contributed by atoms with van der Waals surface area (Å²) in [5, 5.41) is 18.0. The number of carbonyl (C=O) groups excluding carboxylic acids is 1. The number of alkyl carbamates (subject to hydrolysis) is 1. The molecule has 1 heterocycles. The van der Waals surface area contributed by atoms with Gasteiger partial charge in [-0.15, -0.1) is 0 Å². The zero-order valence-corrected chi connectivity index (χ0v) is 15.1. The number of hydrogen-bond acceptors (Lipinski definition) is 4. The zero-order valence-electron chi connectivity index (χ0n) is 15.1. The van der Waals surface area contributed by atoms with Crippen molar-refractivity contribution in [1.29, 1.82) is 0 Å². The molecule has 1 rings (SSSR count). The van der Waals surface area contributed by atoms with Crippen LogP contribution in [0, 0.1) is 19.8 Å². The van der Waals surface area contributed by atoms with Gasteiger partial charge in [0.05, 0.1) is 5.69 Å². The number of aromatic nitrogens is 2. The van der Waals surface area contributed by atoms with Crippen LogP contribution >= 0.6 is 0 Å². The van der Waals surface area contributed by atoms with Gasteiger partial charge in [0.1, 0.15) is 11.6 Å². The first kappa shape index (κ1) is 20.9. The van der Waals surface area contributed by atoms with Crippen molar-refractivity contribution in [1.82, 2.24) is 15.5 Å². The van der Waals surface area contributed by atoms with E-state index in [4.69, 9.17) is 9.84 Å². The van der Waals surface area contributed by atoms with Crippen molar-refractivity contribution in [2.75, 3.05) is 0 Å². The maximum atomic E-state index is 11.4. The van der Waals surface area contributed by atoms with Crippen molar-refractivity contribution in [3.8, 4) is 0 Å². The van der Waals surface area contributed by atoms with Gasteiger partial charge in [0.15, 0.2) is 0 Å². The van der Waals surface area contributed by atoms with Crippen molar-refractivity contribution in [2.24, 2.45) is 5.92 Å². The Morgan fingerprint density at radius 1 is 1.35 bits per heavy atom. The lowest BCUT2D eigenvalue weighted by atomic mass is 10.0. The van der Waals surface area contributed by atoms with E-state index in [1.165, 1.54) is 0 Å². The molecule has 7 heteroatoms. The van der Waals surface area contributed by atoms with E-state index in [0.29, 0.717) is 6.42 Å². The molecular formula is C16H29N3O4. The third kappa shape index (κ3) is 11.2. The average molecular weight is 327 g/mol. The van der Waals surface area contributed by atoms with Crippen LogP contribution in [0.3, 0.4) is 0 Å². The van der Waals surface area contributed by atoms with E-state index in [9.17, 15) is 9.59 Å². The topological polar surface area (TPSA) is 104 Å².